The van der Waals surface area contributed by atoms with E-state index in [9.17, 15) is 13.6 Å². The van der Waals surface area contributed by atoms with Crippen LogP contribution in [0.25, 0.3) is 10.8 Å². The van der Waals surface area contributed by atoms with Crippen LogP contribution in [0, 0.1) is 11.6 Å². The van der Waals surface area contributed by atoms with Gasteiger partial charge in [-0.25, -0.2) is 8.78 Å². The number of amides is 1. The summed E-state index contributed by atoms with van der Waals surface area (Å²) in [6, 6.07) is 16.4. The van der Waals surface area contributed by atoms with Gasteiger partial charge < -0.3 is 5.32 Å². The smallest absolute Gasteiger partial charge is 0.251 e. The lowest BCUT2D eigenvalue weighted by Gasteiger charge is -2.15. The van der Waals surface area contributed by atoms with Crippen LogP contribution in [0.3, 0.4) is 0 Å². The summed E-state index contributed by atoms with van der Waals surface area (Å²) in [5.41, 5.74) is 1.04. The van der Waals surface area contributed by atoms with E-state index in [2.05, 4.69) is 5.32 Å². The number of fused-ring (bicyclic) bond motifs is 1. The fraction of sp³-hybridized carbons (Fsp3) is 0.105. The first kappa shape index (κ1) is 15.2. The molecule has 1 amide bonds. The third kappa shape index (κ3) is 3.21. The maximum atomic E-state index is 13.3. The summed E-state index contributed by atoms with van der Waals surface area (Å²) in [7, 11) is 0. The highest BCUT2D eigenvalue weighted by Crippen LogP contribution is 2.19. The van der Waals surface area contributed by atoms with E-state index in [1.165, 1.54) is 6.07 Å². The Labute approximate surface area is 132 Å². The molecular weight excluding hydrogens is 296 g/mol. The third-order valence-electron chi connectivity index (χ3n) is 3.80. The van der Waals surface area contributed by atoms with E-state index in [1.807, 2.05) is 36.4 Å². The van der Waals surface area contributed by atoms with Crippen LogP contribution in [-0.2, 0) is 0 Å². The van der Waals surface area contributed by atoms with E-state index < -0.39 is 17.7 Å². The SMILES string of the molecule is CC(NC(=O)c1ccc2ccccc2c1)c1ccc(F)c(F)c1. The molecule has 0 spiro atoms. The minimum Gasteiger partial charge on any atom is -0.346 e. The Balaban J connectivity index is 1.80. The molecule has 0 heterocycles. The summed E-state index contributed by atoms with van der Waals surface area (Å²) in [4.78, 5) is 12.3. The van der Waals surface area contributed by atoms with Gasteiger partial charge in [0, 0.05) is 5.56 Å². The first-order chi connectivity index (χ1) is 11.0. The number of rotatable bonds is 3. The summed E-state index contributed by atoms with van der Waals surface area (Å²) in [6.45, 7) is 1.73. The molecule has 2 nitrogen and oxygen atoms in total. The Morgan fingerprint density at radius 3 is 2.39 bits per heavy atom. The molecule has 4 heteroatoms. The van der Waals surface area contributed by atoms with Gasteiger partial charge in [-0.2, -0.15) is 0 Å². The summed E-state index contributed by atoms with van der Waals surface area (Å²) < 4.78 is 26.3. The molecule has 0 aliphatic rings. The average molecular weight is 311 g/mol. The standard InChI is InChI=1S/C19H15F2NO/c1-12(14-8-9-17(20)18(21)11-14)22-19(23)16-7-6-13-4-2-3-5-15(13)10-16/h2-12H,1H3,(H,22,23). The quantitative estimate of drug-likeness (QED) is 0.752. The highest BCUT2D eigenvalue weighted by molar-refractivity contribution is 5.98. The number of carbonyl (C=O) groups is 1. The van der Waals surface area contributed by atoms with Crippen LogP contribution in [0.5, 0.6) is 0 Å². The second kappa shape index (κ2) is 6.16. The zero-order valence-electron chi connectivity index (χ0n) is 12.5. The van der Waals surface area contributed by atoms with Gasteiger partial charge in [-0.05, 0) is 47.5 Å². The molecule has 0 bridgehead atoms. The zero-order valence-corrected chi connectivity index (χ0v) is 12.5. The van der Waals surface area contributed by atoms with Gasteiger partial charge in [-0.3, -0.25) is 4.79 Å². The number of hydrogen-bond donors (Lipinski definition) is 1. The zero-order chi connectivity index (χ0) is 16.4. The van der Waals surface area contributed by atoms with Gasteiger partial charge in [0.2, 0.25) is 0 Å². The van der Waals surface area contributed by atoms with Gasteiger partial charge >= 0.3 is 0 Å². The molecule has 1 atom stereocenters. The van der Waals surface area contributed by atoms with Gasteiger partial charge in [0.05, 0.1) is 6.04 Å². The van der Waals surface area contributed by atoms with Crippen LogP contribution in [0.2, 0.25) is 0 Å². The van der Waals surface area contributed by atoms with Crippen molar-refractivity contribution in [2.75, 3.05) is 0 Å². The van der Waals surface area contributed by atoms with Crippen molar-refractivity contribution >= 4 is 16.7 Å². The normalized spacial score (nSPS) is 12.1. The molecule has 0 saturated carbocycles. The Morgan fingerprint density at radius 2 is 1.65 bits per heavy atom. The first-order valence-electron chi connectivity index (χ1n) is 7.29. The van der Waals surface area contributed by atoms with E-state index in [4.69, 9.17) is 0 Å². The number of benzene rings is 3. The average Bonchev–Trinajstić information content (AvgIpc) is 2.56. The topological polar surface area (TPSA) is 29.1 Å². The highest BCUT2D eigenvalue weighted by Gasteiger charge is 2.13. The molecule has 0 aromatic heterocycles. The van der Waals surface area contributed by atoms with Gasteiger partial charge in [0.1, 0.15) is 0 Å². The van der Waals surface area contributed by atoms with Crippen molar-refractivity contribution in [3.63, 3.8) is 0 Å². The molecule has 0 fully saturated rings. The lowest BCUT2D eigenvalue weighted by molar-refractivity contribution is 0.0940. The van der Waals surface area contributed by atoms with Gasteiger partial charge in [0.15, 0.2) is 11.6 Å². The highest BCUT2D eigenvalue weighted by atomic mass is 19.2. The Morgan fingerprint density at radius 1 is 0.913 bits per heavy atom. The Bertz CT molecular complexity index is 876. The molecule has 0 saturated heterocycles. The van der Waals surface area contributed by atoms with E-state index in [1.54, 1.807) is 13.0 Å². The van der Waals surface area contributed by atoms with Crippen LogP contribution in [0.15, 0.2) is 60.7 Å². The van der Waals surface area contributed by atoms with Crippen molar-refractivity contribution in [3.8, 4) is 0 Å². The fourth-order valence-electron chi connectivity index (χ4n) is 2.48. The first-order valence-corrected chi connectivity index (χ1v) is 7.29. The molecule has 1 N–H and O–H groups in total. The molecule has 1 unspecified atom stereocenters. The molecule has 0 aliphatic heterocycles. The molecule has 23 heavy (non-hydrogen) atoms. The van der Waals surface area contributed by atoms with Gasteiger partial charge in [-0.15, -0.1) is 0 Å². The monoisotopic (exact) mass is 311 g/mol. The Hall–Kier alpha value is -2.75. The Kier molecular flexibility index (Phi) is 4.06. The molecule has 3 aromatic rings. The van der Waals surface area contributed by atoms with Crippen molar-refractivity contribution in [2.24, 2.45) is 0 Å². The van der Waals surface area contributed by atoms with Crippen molar-refractivity contribution < 1.29 is 13.6 Å². The third-order valence-corrected chi connectivity index (χ3v) is 3.80. The van der Waals surface area contributed by atoms with E-state index in [-0.39, 0.29) is 5.91 Å². The van der Waals surface area contributed by atoms with Crippen molar-refractivity contribution in [3.05, 3.63) is 83.4 Å². The molecule has 116 valence electrons. The van der Waals surface area contributed by atoms with Crippen LogP contribution >= 0.6 is 0 Å². The second-order valence-electron chi connectivity index (χ2n) is 5.43. The lowest BCUT2D eigenvalue weighted by Crippen LogP contribution is -2.26. The van der Waals surface area contributed by atoms with E-state index in [0.717, 1.165) is 22.9 Å². The largest absolute Gasteiger partial charge is 0.346 e. The number of carbonyl (C=O) groups excluding carboxylic acids is 1. The molecule has 0 aliphatic carbocycles. The van der Waals surface area contributed by atoms with Crippen LogP contribution < -0.4 is 5.32 Å². The molecular formula is C19H15F2NO. The molecule has 0 radical (unpaired) electrons. The number of halogens is 2. The van der Waals surface area contributed by atoms with Crippen molar-refractivity contribution in [2.45, 2.75) is 13.0 Å². The van der Waals surface area contributed by atoms with Gasteiger partial charge in [-0.1, -0.05) is 36.4 Å². The predicted octanol–water partition coefficient (Wildman–Crippen LogP) is 4.61. The van der Waals surface area contributed by atoms with Gasteiger partial charge in [0.25, 0.3) is 5.91 Å². The van der Waals surface area contributed by atoms with Crippen LogP contribution in [0.1, 0.15) is 28.9 Å². The summed E-state index contributed by atoms with van der Waals surface area (Å²) in [5, 5.41) is 4.82. The number of hydrogen-bond acceptors (Lipinski definition) is 1. The summed E-state index contributed by atoms with van der Waals surface area (Å²) >= 11 is 0. The minimum atomic E-state index is -0.922. The maximum Gasteiger partial charge on any atom is 0.251 e. The summed E-state index contributed by atoms with van der Waals surface area (Å²) in [6.07, 6.45) is 0. The second-order valence-corrected chi connectivity index (χ2v) is 5.43. The van der Waals surface area contributed by atoms with E-state index in [0.29, 0.717) is 11.1 Å². The maximum absolute atomic E-state index is 13.3. The predicted molar refractivity (Wildman–Crippen MR) is 86.2 cm³/mol. The van der Waals surface area contributed by atoms with Crippen molar-refractivity contribution in [1.29, 1.82) is 0 Å². The van der Waals surface area contributed by atoms with Crippen molar-refractivity contribution in [1.82, 2.24) is 5.32 Å². The van der Waals surface area contributed by atoms with Crippen LogP contribution in [-0.4, -0.2) is 5.91 Å². The summed E-state index contributed by atoms with van der Waals surface area (Å²) in [5.74, 6) is -2.08. The molecule has 3 rings (SSSR count). The minimum absolute atomic E-state index is 0.256. The molecule has 3 aromatic carbocycles. The fourth-order valence-corrected chi connectivity index (χ4v) is 2.48. The lowest BCUT2D eigenvalue weighted by atomic mass is 10.0. The van der Waals surface area contributed by atoms with Crippen LogP contribution in [0.4, 0.5) is 8.78 Å². The number of nitrogens with one attached hydrogen (secondary N) is 1. The van der Waals surface area contributed by atoms with E-state index >= 15 is 0 Å².